The Hall–Kier alpha value is -3.29. The number of aliphatic imine (C=N–C) groups is 1. The van der Waals surface area contributed by atoms with E-state index < -0.39 is 0 Å². The number of nitrogens with zero attached hydrogens (tertiary/aromatic N) is 3. The van der Waals surface area contributed by atoms with Gasteiger partial charge in [0.05, 0.1) is 11.4 Å². The van der Waals surface area contributed by atoms with Crippen molar-refractivity contribution in [3.05, 3.63) is 99.9 Å². The molecule has 7 heteroatoms. The highest BCUT2D eigenvalue weighted by Crippen LogP contribution is 2.50. The van der Waals surface area contributed by atoms with Crippen LogP contribution < -0.4 is 4.90 Å². The highest BCUT2D eigenvalue weighted by atomic mass is 32.2. The van der Waals surface area contributed by atoms with E-state index in [4.69, 9.17) is 4.99 Å². The molecule has 2 aliphatic heterocycles. The average molecular weight is 500 g/mol. The van der Waals surface area contributed by atoms with Crippen molar-refractivity contribution in [2.75, 3.05) is 18.0 Å². The third-order valence-corrected chi connectivity index (χ3v) is 8.30. The van der Waals surface area contributed by atoms with Gasteiger partial charge in [-0.3, -0.25) is 14.5 Å². The van der Waals surface area contributed by atoms with Gasteiger partial charge in [0, 0.05) is 23.5 Å². The third-order valence-electron chi connectivity index (χ3n) is 5.93. The number of Topliss-reactive ketones (excluding diaryl/α,β-unsaturated/α-hetero) is 1. The molecule has 35 heavy (non-hydrogen) atoms. The molecule has 0 radical (unpaired) electrons. The fraction of sp³-hybridized carbons (Fsp3) is 0.179. The van der Waals surface area contributed by atoms with Crippen molar-refractivity contribution in [2.45, 2.75) is 25.2 Å². The summed E-state index contributed by atoms with van der Waals surface area (Å²) in [5, 5.41) is 1.60. The Bertz CT molecular complexity index is 1350. The average Bonchev–Trinajstić information content (AvgIpc) is 3.40. The van der Waals surface area contributed by atoms with Crippen LogP contribution in [0.2, 0.25) is 0 Å². The van der Waals surface area contributed by atoms with Gasteiger partial charge in [0.15, 0.2) is 11.0 Å². The van der Waals surface area contributed by atoms with Crippen LogP contribution in [0.3, 0.4) is 0 Å². The Labute approximate surface area is 213 Å². The van der Waals surface area contributed by atoms with Crippen LogP contribution in [0, 0.1) is 0 Å². The van der Waals surface area contributed by atoms with E-state index in [-0.39, 0.29) is 11.7 Å². The van der Waals surface area contributed by atoms with Crippen LogP contribution in [-0.4, -0.2) is 34.8 Å². The van der Waals surface area contributed by atoms with Crippen molar-refractivity contribution in [3.8, 4) is 0 Å². The van der Waals surface area contributed by atoms with Crippen LogP contribution in [0.4, 0.5) is 11.4 Å². The van der Waals surface area contributed by atoms with Crippen molar-refractivity contribution in [1.82, 2.24) is 4.90 Å². The second-order valence-electron chi connectivity index (χ2n) is 8.24. The number of amidine groups is 1. The standard InChI is InChI=1S/C28H25N3O2S2/c1-3-30-23-14-7-8-15-24(23)34-27(30)25-26(33)31(17-16-20-10-5-4-6-11-20)28(35-25)29-22-13-9-12-21(18-22)19(2)32/h4-15,18H,3,16-17H2,1-2H3. The number of hydrogen-bond donors (Lipinski definition) is 0. The third kappa shape index (κ3) is 4.79. The van der Waals surface area contributed by atoms with Crippen LogP contribution in [0.1, 0.15) is 29.8 Å². The number of thioether (sulfide) groups is 2. The van der Waals surface area contributed by atoms with Gasteiger partial charge < -0.3 is 4.90 Å². The van der Waals surface area contributed by atoms with Crippen LogP contribution in [0.25, 0.3) is 0 Å². The number of carbonyl (C=O) groups excluding carboxylic acids is 2. The predicted octanol–water partition coefficient (Wildman–Crippen LogP) is 6.50. The van der Waals surface area contributed by atoms with Crippen molar-refractivity contribution < 1.29 is 9.59 Å². The summed E-state index contributed by atoms with van der Waals surface area (Å²) in [5.41, 5.74) is 3.57. The minimum atomic E-state index is -0.0267. The molecule has 0 aromatic heterocycles. The molecule has 5 nitrogen and oxygen atoms in total. The molecule has 5 rings (SSSR count). The number of hydrogen-bond acceptors (Lipinski definition) is 6. The number of carbonyl (C=O) groups is 2. The monoisotopic (exact) mass is 499 g/mol. The smallest absolute Gasteiger partial charge is 0.269 e. The summed E-state index contributed by atoms with van der Waals surface area (Å²) in [4.78, 5) is 36.3. The molecule has 176 valence electrons. The first-order valence-electron chi connectivity index (χ1n) is 11.6. The van der Waals surface area contributed by atoms with Crippen LogP contribution in [-0.2, 0) is 11.2 Å². The molecule has 0 atom stereocenters. The second-order valence-corrected chi connectivity index (χ2v) is 10.3. The van der Waals surface area contributed by atoms with Gasteiger partial charge in [0.2, 0.25) is 0 Å². The first-order chi connectivity index (χ1) is 17.0. The van der Waals surface area contributed by atoms with E-state index >= 15 is 0 Å². The molecule has 3 aromatic rings. The highest BCUT2D eigenvalue weighted by molar-refractivity contribution is 8.19. The zero-order valence-electron chi connectivity index (χ0n) is 19.6. The van der Waals surface area contributed by atoms with E-state index in [1.54, 1.807) is 35.7 Å². The van der Waals surface area contributed by atoms with Crippen molar-refractivity contribution in [2.24, 2.45) is 4.99 Å². The molecule has 0 spiro atoms. The first kappa shape index (κ1) is 23.5. The van der Waals surface area contributed by atoms with E-state index in [1.807, 2.05) is 42.5 Å². The largest absolute Gasteiger partial charge is 0.334 e. The lowest BCUT2D eigenvalue weighted by Crippen LogP contribution is -2.32. The SMILES string of the molecule is CCN1C(=C2SC(=Nc3cccc(C(C)=O)c3)N(CCc3ccccc3)C2=O)Sc2ccccc21. The van der Waals surface area contributed by atoms with Crippen molar-refractivity contribution in [1.29, 1.82) is 0 Å². The molecule has 1 fully saturated rings. The molecule has 1 amide bonds. The number of fused-ring (bicyclic) bond motifs is 1. The summed E-state index contributed by atoms with van der Waals surface area (Å²) in [6, 6.07) is 25.7. The van der Waals surface area contributed by atoms with Crippen molar-refractivity contribution in [3.63, 3.8) is 0 Å². The Morgan fingerprint density at radius 1 is 0.914 bits per heavy atom. The van der Waals surface area contributed by atoms with Gasteiger partial charge in [-0.1, -0.05) is 66.4 Å². The van der Waals surface area contributed by atoms with Gasteiger partial charge in [0.25, 0.3) is 5.91 Å². The zero-order chi connectivity index (χ0) is 24.4. The van der Waals surface area contributed by atoms with Crippen molar-refractivity contribution >= 4 is 51.8 Å². The van der Waals surface area contributed by atoms with Crippen LogP contribution >= 0.6 is 23.5 Å². The minimum Gasteiger partial charge on any atom is -0.334 e. The first-order valence-corrected chi connectivity index (χ1v) is 13.2. The topological polar surface area (TPSA) is 53.0 Å². The molecular weight excluding hydrogens is 474 g/mol. The predicted molar refractivity (Wildman–Crippen MR) is 145 cm³/mol. The van der Waals surface area contributed by atoms with Gasteiger partial charge in [-0.15, -0.1) is 0 Å². The van der Waals surface area contributed by atoms with Gasteiger partial charge >= 0.3 is 0 Å². The molecule has 0 aliphatic carbocycles. The minimum absolute atomic E-state index is 0.00958. The molecule has 0 unspecified atom stereocenters. The number of amides is 1. The number of rotatable bonds is 6. The Morgan fingerprint density at radius 3 is 2.46 bits per heavy atom. The fourth-order valence-electron chi connectivity index (χ4n) is 4.12. The maximum absolute atomic E-state index is 13.8. The number of benzene rings is 3. The summed E-state index contributed by atoms with van der Waals surface area (Å²) in [7, 11) is 0. The zero-order valence-corrected chi connectivity index (χ0v) is 21.2. The maximum Gasteiger partial charge on any atom is 0.269 e. The molecule has 3 aromatic carbocycles. The molecule has 2 aliphatic rings. The second kappa shape index (κ2) is 10.1. The van der Waals surface area contributed by atoms with Gasteiger partial charge in [-0.05, 0) is 61.9 Å². The lowest BCUT2D eigenvalue weighted by Gasteiger charge is -2.19. The van der Waals surface area contributed by atoms with E-state index in [9.17, 15) is 9.59 Å². The van der Waals surface area contributed by atoms with Gasteiger partial charge in [0.1, 0.15) is 9.93 Å². The Morgan fingerprint density at radius 2 is 1.69 bits per heavy atom. The molecule has 2 heterocycles. The number of anilines is 1. The lowest BCUT2D eigenvalue weighted by atomic mass is 10.1. The molecule has 1 saturated heterocycles. The molecule has 0 bridgehead atoms. The van der Waals surface area contributed by atoms with Crippen LogP contribution in [0.15, 0.2) is 98.7 Å². The van der Waals surface area contributed by atoms with Crippen LogP contribution in [0.5, 0.6) is 0 Å². The molecular formula is C28H25N3O2S2. The normalized spacial score (nSPS) is 18.5. The van der Waals surface area contributed by atoms with E-state index in [2.05, 4.69) is 36.1 Å². The maximum atomic E-state index is 13.8. The Kier molecular flexibility index (Phi) is 6.79. The van der Waals surface area contributed by atoms with E-state index in [1.165, 1.54) is 17.3 Å². The fourth-order valence-corrected chi connectivity index (χ4v) is 6.54. The van der Waals surface area contributed by atoms with E-state index in [0.717, 1.165) is 28.6 Å². The quantitative estimate of drug-likeness (QED) is 0.286. The summed E-state index contributed by atoms with van der Waals surface area (Å²) in [5.74, 6) is -0.0363. The summed E-state index contributed by atoms with van der Waals surface area (Å²) in [6.45, 7) is 4.95. The van der Waals surface area contributed by atoms with Gasteiger partial charge in [-0.2, -0.15) is 0 Å². The van der Waals surface area contributed by atoms with E-state index in [0.29, 0.717) is 27.9 Å². The highest BCUT2D eigenvalue weighted by Gasteiger charge is 2.39. The van der Waals surface area contributed by atoms with Gasteiger partial charge in [-0.25, -0.2) is 4.99 Å². The molecule has 0 saturated carbocycles. The number of para-hydroxylation sites is 1. The lowest BCUT2D eigenvalue weighted by molar-refractivity contribution is -0.122. The summed E-state index contributed by atoms with van der Waals surface area (Å²) >= 11 is 3.06. The molecule has 0 N–H and O–H groups in total. The number of ketones is 1. The summed E-state index contributed by atoms with van der Waals surface area (Å²) < 4.78 is 0. The summed E-state index contributed by atoms with van der Waals surface area (Å²) in [6.07, 6.45) is 0.729. The Balaban J connectivity index is 1.53.